The van der Waals surface area contributed by atoms with E-state index in [1.165, 1.54) is 23.0 Å². The third kappa shape index (κ3) is 4.10. The van der Waals surface area contributed by atoms with E-state index < -0.39 is 0 Å². The number of thioether (sulfide) groups is 1. The summed E-state index contributed by atoms with van der Waals surface area (Å²) in [5, 5.41) is 6.90. The molecule has 1 aliphatic heterocycles. The molecule has 0 spiro atoms. The van der Waals surface area contributed by atoms with Crippen molar-refractivity contribution in [2.24, 2.45) is 0 Å². The molecule has 0 bridgehead atoms. The van der Waals surface area contributed by atoms with Gasteiger partial charge in [-0.1, -0.05) is 6.92 Å². The van der Waals surface area contributed by atoms with Gasteiger partial charge in [0, 0.05) is 35.0 Å². The van der Waals surface area contributed by atoms with Gasteiger partial charge in [-0.05, 0) is 33.7 Å². The second-order valence-corrected chi connectivity index (χ2v) is 8.40. The van der Waals surface area contributed by atoms with E-state index in [1.807, 2.05) is 0 Å². The molecule has 1 fully saturated rings. The lowest BCUT2D eigenvalue weighted by molar-refractivity contribution is 0.560. The molecule has 2 rings (SSSR count). The number of hydrogen-bond donors (Lipinski definition) is 1. The Morgan fingerprint density at radius 1 is 1.53 bits per heavy atom. The SMILES string of the molecule is CCCNC(C)c1csc(N2CCSC(C)(C)C2)n1. The lowest BCUT2D eigenvalue weighted by atomic mass is 10.2. The molecule has 108 valence electrons. The topological polar surface area (TPSA) is 28.2 Å². The minimum absolute atomic E-state index is 0.343. The van der Waals surface area contributed by atoms with Crippen molar-refractivity contribution in [3.05, 3.63) is 11.1 Å². The molecule has 1 N–H and O–H groups in total. The zero-order valence-corrected chi connectivity index (χ0v) is 14.0. The number of anilines is 1. The van der Waals surface area contributed by atoms with Crippen LogP contribution in [-0.2, 0) is 0 Å². The van der Waals surface area contributed by atoms with Crippen molar-refractivity contribution in [2.75, 3.05) is 30.3 Å². The summed E-state index contributed by atoms with van der Waals surface area (Å²) >= 11 is 3.85. The van der Waals surface area contributed by atoms with Crippen LogP contribution in [0.2, 0.25) is 0 Å². The Kier molecular flexibility index (Phi) is 5.15. The van der Waals surface area contributed by atoms with E-state index in [0.29, 0.717) is 10.8 Å². The number of aromatic nitrogens is 1. The summed E-state index contributed by atoms with van der Waals surface area (Å²) in [6.07, 6.45) is 1.17. The van der Waals surface area contributed by atoms with E-state index in [-0.39, 0.29) is 0 Å². The molecule has 3 nitrogen and oxygen atoms in total. The monoisotopic (exact) mass is 299 g/mol. The van der Waals surface area contributed by atoms with Gasteiger partial charge in [0.1, 0.15) is 0 Å². The van der Waals surface area contributed by atoms with Crippen molar-refractivity contribution in [3.8, 4) is 0 Å². The van der Waals surface area contributed by atoms with Gasteiger partial charge >= 0.3 is 0 Å². The smallest absolute Gasteiger partial charge is 0.185 e. The van der Waals surface area contributed by atoms with Gasteiger partial charge in [-0.15, -0.1) is 11.3 Å². The number of nitrogens with zero attached hydrogens (tertiary/aromatic N) is 2. The van der Waals surface area contributed by atoms with Gasteiger partial charge in [0.05, 0.1) is 5.69 Å². The average molecular weight is 300 g/mol. The molecule has 1 saturated heterocycles. The second kappa shape index (κ2) is 6.46. The van der Waals surface area contributed by atoms with E-state index in [2.05, 4.69) is 55.1 Å². The zero-order chi connectivity index (χ0) is 13.9. The number of thiazole rings is 1. The van der Waals surface area contributed by atoms with E-state index in [9.17, 15) is 0 Å². The normalized spacial score (nSPS) is 20.5. The van der Waals surface area contributed by atoms with E-state index >= 15 is 0 Å². The molecular weight excluding hydrogens is 274 g/mol. The Balaban J connectivity index is 2.00. The van der Waals surface area contributed by atoms with Crippen LogP contribution < -0.4 is 10.2 Å². The van der Waals surface area contributed by atoms with Crippen LogP contribution in [0.1, 0.15) is 45.9 Å². The molecule has 1 aromatic heterocycles. The van der Waals surface area contributed by atoms with Gasteiger partial charge in [-0.25, -0.2) is 4.98 Å². The molecule has 2 heterocycles. The molecule has 19 heavy (non-hydrogen) atoms. The van der Waals surface area contributed by atoms with Gasteiger partial charge in [-0.2, -0.15) is 11.8 Å². The highest BCUT2D eigenvalue weighted by Crippen LogP contribution is 2.34. The molecule has 5 heteroatoms. The molecule has 1 aromatic rings. The summed E-state index contributed by atoms with van der Waals surface area (Å²) in [6, 6.07) is 0.358. The average Bonchev–Trinajstić information content (AvgIpc) is 2.84. The Hall–Kier alpha value is -0.260. The fourth-order valence-electron chi connectivity index (χ4n) is 2.27. The fraction of sp³-hybridized carbons (Fsp3) is 0.786. The summed E-state index contributed by atoms with van der Waals surface area (Å²) < 4.78 is 0.343. The predicted molar refractivity (Wildman–Crippen MR) is 87.6 cm³/mol. The summed E-state index contributed by atoms with van der Waals surface area (Å²) in [4.78, 5) is 7.27. The number of rotatable bonds is 5. The van der Waals surface area contributed by atoms with Gasteiger partial charge in [-0.3, -0.25) is 0 Å². The highest BCUT2D eigenvalue weighted by Gasteiger charge is 2.28. The minimum Gasteiger partial charge on any atom is -0.346 e. The lowest BCUT2D eigenvalue weighted by Gasteiger charge is -2.37. The standard InChI is InChI=1S/C14H25N3S2/c1-5-6-15-11(2)12-9-18-13(16-12)17-7-8-19-14(3,4)10-17/h9,11,15H,5-8,10H2,1-4H3. The Morgan fingerprint density at radius 3 is 3.00 bits per heavy atom. The fourth-order valence-corrected chi connectivity index (χ4v) is 4.32. The first-order chi connectivity index (χ1) is 9.02. The summed E-state index contributed by atoms with van der Waals surface area (Å²) in [7, 11) is 0. The predicted octanol–water partition coefficient (Wildman–Crippen LogP) is 3.54. The van der Waals surface area contributed by atoms with Crippen molar-refractivity contribution in [2.45, 2.75) is 44.9 Å². The van der Waals surface area contributed by atoms with Crippen LogP contribution in [-0.4, -0.2) is 35.1 Å². The molecule has 1 atom stereocenters. The van der Waals surface area contributed by atoms with Gasteiger partial charge in [0.25, 0.3) is 0 Å². The van der Waals surface area contributed by atoms with Crippen molar-refractivity contribution in [1.29, 1.82) is 0 Å². The molecule has 0 radical (unpaired) electrons. The summed E-state index contributed by atoms with van der Waals surface area (Å²) in [5.41, 5.74) is 1.18. The molecular formula is C14H25N3S2. The van der Waals surface area contributed by atoms with Crippen LogP contribution in [0.25, 0.3) is 0 Å². The third-order valence-corrected chi connectivity index (χ3v) is 5.57. The summed E-state index contributed by atoms with van der Waals surface area (Å²) in [5.74, 6) is 1.20. The first-order valence-corrected chi connectivity index (χ1v) is 8.96. The minimum atomic E-state index is 0.343. The maximum Gasteiger partial charge on any atom is 0.185 e. The first-order valence-electron chi connectivity index (χ1n) is 7.09. The molecule has 1 unspecified atom stereocenters. The Morgan fingerprint density at radius 2 is 2.32 bits per heavy atom. The van der Waals surface area contributed by atoms with E-state index in [0.717, 1.165) is 19.6 Å². The maximum atomic E-state index is 4.82. The van der Waals surface area contributed by atoms with Crippen LogP contribution in [0.3, 0.4) is 0 Å². The van der Waals surface area contributed by atoms with E-state index in [1.54, 1.807) is 11.3 Å². The Bertz CT molecular complexity index is 403. The van der Waals surface area contributed by atoms with Crippen LogP contribution in [0, 0.1) is 0 Å². The molecule has 0 amide bonds. The van der Waals surface area contributed by atoms with Gasteiger partial charge in [0.15, 0.2) is 5.13 Å². The third-order valence-electron chi connectivity index (χ3n) is 3.35. The zero-order valence-electron chi connectivity index (χ0n) is 12.4. The number of nitrogens with one attached hydrogen (secondary N) is 1. The van der Waals surface area contributed by atoms with E-state index in [4.69, 9.17) is 4.98 Å². The van der Waals surface area contributed by atoms with Crippen LogP contribution in [0.4, 0.5) is 5.13 Å². The highest BCUT2D eigenvalue weighted by molar-refractivity contribution is 8.00. The molecule has 0 aliphatic carbocycles. The first kappa shape index (κ1) is 15.1. The Labute approximate surface area is 125 Å². The number of hydrogen-bond acceptors (Lipinski definition) is 5. The van der Waals surface area contributed by atoms with Gasteiger partial charge < -0.3 is 10.2 Å². The van der Waals surface area contributed by atoms with Crippen LogP contribution >= 0.6 is 23.1 Å². The second-order valence-electron chi connectivity index (χ2n) is 5.76. The lowest BCUT2D eigenvalue weighted by Crippen LogP contribution is -2.43. The quantitative estimate of drug-likeness (QED) is 0.900. The largest absolute Gasteiger partial charge is 0.346 e. The highest BCUT2D eigenvalue weighted by atomic mass is 32.2. The van der Waals surface area contributed by atoms with Crippen molar-refractivity contribution < 1.29 is 0 Å². The van der Waals surface area contributed by atoms with Crippen LogP contribution in [0.5, 0.6) is 0 Å². The summed E-state index contributed by atoms with van der Waals surface area (Å²) in [6.45, 7) is 12.3. The van der Waals surface area contributed by atoms with Crippen molar-refractivity contribution in [1.82, 2.24) is 10.3 Å². The maximum absolute atomic E-state index is 4.82. The molecule has 0 aromatic carbocycles. The van der Waals surface area contributed by atoms with Crippen molar-refractivity contribution in [3.63, 3.8) is 0 Å². The molecule has 1 aliphatic rings. The van der Waals surface area contributed by atoms with Crippen molar-refractivity contribution >= 4 is 28.2 Å². The van der Waals surface area contributed by atoms with Gasteiger partial charge in [0.2, 0.25) is 0 Å². The van der Waals surface area contributed by atoms with Crippen LogP contribution in [0.15, 0.2) is 5.38 Å². The molecule has 0 saturated carbocycles.